The van der Waals surface area contributed by atoms with E-state index in [-0.39, 0.29) is 18.4 Å². The highest BCUT2D eigenvalue weighted by molar-refractivity contribution is 7.90. The van der Waals surface area contributed by atoms with Gasteiger partial charge in [0.2, 0.25) is 0 Å². The van der Waals surface area contributed by atoms with Crippen LogP contribution < -0.4 is 14.8 Å². The molecule has 0 spiro atoms. The zero-order valence-electron chi connectivity index (χ0n) is 11.9. The fraction of sp³-hybridized carbons (Fsp3) is 0.571. The van der Waals surface area contributed by atoms with Gasteiger partial charge >= 0.3 is 0 Å². The molecular formula is C14H21NO4S. The van der Waals surface area contributed by atoms with Crippen LogP contribution >= 0.6 is 0 Å². The van der Waals surface area contributed by atoms with E-state index in [1.54, 1.807) is 0 Å². The van der Waals surface area contributed by atoms with Crippen molar-refractivity contribution in [2.75, 3.05) is 31.8 Å². The summed E-state index contributed by atoms with van der Waals surface area (Å²) in [7, 11) is -2.99. The first-order valence-electron chi connectivity index (χ1n) is 6.80. The standard InChI is InChI=1S/C14H21NO4S/c1-3-6-15-13-10-19-14-9-11(4-5-12(13)14)18-7-8-20(2,16)17/h4-5,9,13,15H,3,6-8,10H2,1-2H3. The van der Waals surface area contributed by atoms with Gasteiger partial charge in [-0.15, -0.1) is 0 Å². The van der Waals surface area contributed by atoms with E-state index in [0.29, 0.717) is 12.4 Å². The minimum atomic E-state index is -2.99. The number of hydrogen-bond acceptors (Lipinski definition) is 5. The lowest BCUT2D eigenvalue weighted by Crippen LogP contribution is -2.22. The van der Waals surface area contributed by atoms with Crippen LogP contribution in [0.5, 0.6) is 11.5 Å². The summed E-state index contributed by atoms with van der Waals surface area (Å²) in [6, 6.07) is 5.89. The number of nitrogens with one attached hydrogen (secondary N) is 1. The van der Waals surface area contributed by atoms with Crippen LogP contribution in [0.25, 0.3) is 0 Å². The van der Waals surface area contributed by atoms with Crippen molar-refractivity contribution in [3.63, 3.8) is 0 Å². The van der Waals surface area contributed by atoms with E-state index in [1.807, 2.05) is 18.2 Å². The Hall–Kier alpha value is -1.27. The molecule has 1 aromatic carbocycles. The van der Waals surface area contributed by atoms with Gasteiger partial charge in [0.25, 0.3) is 0 Å². The monoisotopic (exact) mass is 299 g/mol. The Balaban J connectivity index is 1.95. The van der Waals surface area contributed by atoms with E-state index < -0.39 is 9.84 Å². The molecule has 0 amide bonds. The van der Waals surface area contributed by atoms with Crippen molar-refractivity contribution >= 4 is 9.84 Å². The molecule has 1 aromatic rings. The molecule has 5 nitrogen and oxygen atoms in total. The molecule has 1 unspecified atom stereocenters. The molecule has 0 fully saturated rings. The molecule has 2 rings (SSSR count). The maximum absolute atomic E-state index is 11.0. The van der Waals surface area contributed by atoms with Crippen molar-refractivity contribution in [2.24, 2.45) is 0 Å². The third-order valence-electron chi connectivity index (χ3n) is 3.13. The molecule has 6 heteroatoms. The number of ether oxygens (including phenoxy) is 2. The van der Waals surface area contributed by atoms with Crippen LogP contribution in [0.3, 0.4) is 0 Å². The third-order valence-corrected chi connectivity index (χ3v) is 4.04. The number of benzene rings is 1. The third kappa shape index (κ3) is 4.11. The highest BCUT2D eigenvalue weighted by Gasteiger charge is 2.23. The molecule has 1 heterocycles. The summed E-state index contributed by atoms with van der Waals surface area (Å²) in [5, 5.41) is 3.42. The Morgan fingerprint density at radius 1 is 1.45 bits per heavy atom. The van der Waals surface area contributed by atoms with Crippen LogP contribution in [0.4, 0.5) is 0 Å². The van der Waals surface area contributed by atoms with Gasteiger partial charge in [-0.3, -0.25) is 0 Å². The molecule has 0 aliphatic carbocycles. The molecular weight excluding hydrogens is 278 g/mol. The Bertz CT molecular complexity index is 556. The van der Waals surface area contributed by atoms with E-state index in [1.165, 1.54) is 6.26 Å². The van der Waals surface area contributed by atoms with E-state index in [0.717, 1.165) is 24.3 Å². The maximum atomic E-state index is 11.0. The number of hydrogen-bond donors (Lipinski definition) is 1. The second kappa shape index (κ2) is 6.45. The van der Waals surface area contributed by atoms with E-state index >= 15 is 0 Å². The Kier molecular flexibility index (Phi) is 4.88. The SMILES string of the molecule is CCCNC1COc2cc(OCCS(C)(=O)=O)ccc21. The highest BCUT2D eigenvalue weighted by Crippen LogP contribution is 2.35. The number of fused-ring (bicyclic) bond motifs is 1. The Morgan fingerprint density at radius 2 is 2.25 bits per heavy atom. The van der Waals surface area contributed by atoms with Crippen LogP contribution in [-0.4, -0.2) is 40.2 Å². The second-order valence-electron chi connectivity index (χ2n) is 5.00. The minimum absolute atomic E-state index is 0.0195. The molecule has 0 bridgehead atoms. The summed E-state index contributed by atoms with van der Waals surface area (Å²) < 4.78 is 33.2. The Morgan fingerprint density at radius 3 is 2.95 bits per heavy atom. The summed E-state index contributed by atoms with van der Waals surface area (Å²) in [5.41, 5.74) is 1.13. The predicted molar refractivity (Wildman–Crippen MR) is 78.2 cm³/mol. The van der Waals surface area contributed by atoms with Gasteiger partial charge in [-0.05, 0) is 25.1 Å². The van der Waals surface area contributed by atoms with Gasteiger partial charge in [-0.25, -0.2) is 8.42 Å². The normalized spacial score (nSPS) is 17.6. The molecule has 20 heavy (non-hydrogen) atoms. The molecule has 1 aliphatic rings. The van der Waals surface area contributed by atoms with Crippen LogP contribution in [0.2, 0.25) is 0 Å². The van der Waals surface area contributed by atoms with Gasteiger partial charge in [0.1, 0.15) is 24.7 Å². The molecule has 112 valence electrons. The molecule has 1 N–H and O–H groups in total. The van der Waals surface area contributed by atoms with Gasteiger partial charge in [-0.2, -0.15) is 0 Å². The van der Waals surface area contributed by atoms with Gasteiger partial charge in [0, 0.05) is 17.9 Å². The van der Waals surface area contributed by atoms with E-state index in [2.05, 4.69) is 12.2 Å². The zero-order valence-corrected chi connectivity index (χ0v) is 12.7. The van der Waals surface area contributed by atoms with Crippen molar-refractivity contribution in [3.05, 3.63) is 23.8 Å². The molecule has 0 aromatic heterocycles. The second-order valence-corrected chi connectivity index (χ2v) is 7.26. The van der Waals surface area contributed by atoms with Gasteiger partial charge in [-0.1, -0.05) is 6.92 Å². The lowest BCUT2D eigenvalue weighted by atomic mass is 10.1. The lowest BCUT2D eigenvalue weighted by Gasteiger charge is -2.11. The first-order chi connectivity index (χ1) is 9.49. The Labute approximate surface area is 120 Å². The predicted octanol–water partition coefficient (Wildman–Crippen LogP) is 1.54. The van der Waals surface area contributed by atoms with Crippen LogP contribution in [0.1, 0.15) is 24.9 Å². The van der Waals surface area contributed by atoms with Crippen LogP contribution in [-0.2, 0) is 9.84 Å². The van der Waals surface area contributed by atoms with Crippen molar-refractivity contribution in [2.45, 2.75) is 19.4 Å². The summed E-state index contributed by atoms with van der Waals surface area (Å²) >= 11 is 0. The van der Waals surface area contributed by atoms with E-state index in [9.17, 15) is 8.42 Å². The lowest BCUT2D eigenvalue weighted by molar-refractivity contribution is 0.307. The van der Waals surface area contributed by atoms with Crippen molar-refractivity contribution in [3.8, 4) is 11.5 Å². The highest BCUT2D eigenvalue weighted by atomic mass is 32.2. The fourth-order valence-corrected chi connectivity index (χ4v) is 2.46. The molecule has 1 aliphatic heterocycles. The summed E-state index contributed by atoms with van der Waals surface area (Å²) in [6.45, 7) is 3.87. The topological polar surface area (TPSA) is 64.6 Å². The first kappa shape index (κ1) is 15.1. The number of rotatable bonds is 7. The molecule has 1 atom stereocenters. The van der Waals surface area contributed by atoms with Gasteiger partial charge < -0.3 is 14.8 Å². The summed E-state index contributed by atoms with van der Waals surface area (Å²) in [5.74, 6) is 1.48. The van der Waals surface area contributed by atoms with Crippen molar-refractivity contribution in [1.82, 2.24) is 5.32 Å². The van der Waals surface area contributed by atoms with Crippen molar-refractivity contribution in [1.29, 1.82) is 0 Å². The average molecular weight is 299 g/mol. The smallest absolute Gasteiger partial charge is 0.150 e. The van der Waals surface area contributed by atoms with Crippen molar-refractivity contribution < 1.29 is 17.9 Å². The summed E-state index contributed by atoms with van der Waals surface area (Å²) in [6.07, 6.45) is 2.28. The number of sulfone groups is 1. The average Bonchev–Trinajstić information content (AvgIpc) is 2.77. The fourth-order valence-electron chi connectivity index (χ4n) is 2.08. The molecule has 0 saturated heterocycles. The first-order valence-corrected chi connectivity index (χ1v) is 8.86. The zero-order chi connectivity index (χ0) is 14.6. The van der Waals surface area contributed by atoms with Crippen LogP contribution in [0.15, 0.2) is 18.2 Å². The summed E-state index contributed by atoms with van der Waals surface area (Å²) in [4.78, 5) is 0. The maximum Gasteiger partial charge on any atom is 0.150 e. The van der Waals surface area contributed by atoms with E-state index in [4.69, 9.17) is 9.47 Å². The molecule has 0 saturated carbocycles. The molecule has 0 radical (unpaired) electrons. The minimum Gasteiger partial charge on any atom is -0.492 e. The largest absolute Gasteiger partial charge is 0.492 e. The van der Waals surface area contributed by atoms with Gasteiger partial charge in [0.05, 0.1) is 11.8 Å². The van der Waals surface area contributed by atoms with Gasteiger partial charge in [0.15, 0.2) is 9.84 Å². The van der Waals surface area contributed by atoms with Crippen LogP contribution in [0, 0.1) is 0 Å². The quantitative estimate of drug-likeness (QED) is 0.827.